The van der Waals surface area contributed by atoms with E-state index in [0.29, 0.717) is 62.5 Å². The number of anilines is 2. The maximum atomic E-state index is 11.4. The van der Waals surface area contributed by atoms with Gasteiger partial charge in [-0.25, -0.2) is 0 Å². The summed E-state index contributed by atoms with van der Waals surface area (Å²) < 4.78 is 42.1. The van der Waals surface area contributed by atoms with Gasteiger partial charge in [0.05, 0.1) is 36.2 Å². The number of rotatable bonds is 38. The highest BCUT2D eigenvalue weighted by molar-refractivity contribution is 15.0. The highest BCUT2D eigenvalue weighted by Gasteiger charge is 2.54. The van der Waals surface area contributed by atoms with Crippen LogP contribution in [0.25, 0.3) is 24.3 Å². The molecule has 12 aromatic rings. The van der Waals surface area contributed by atoms with Gasteiger partial charge in [-0.05, 0) is 160 Å². The Morgan fingerprint density at radius 1 is 0.287 bits per heavy atom. The normalized spacial score (nSPS) is 12.3. The lowest BCUT2D eigenvalue weighted by molar-refractivity contribution is 0.111. The molecule has 0 fully saturated rings. The lowest BCUT2D eigenvalue weighted by atomic mass is 10.1. The van der Waals surface area contributed by atoms with Crippen LogP contribution < -0.4 is 60.8 Å². The molecular formula is C104H122I2N2O8S2Si4. The van der Waals surface area contributed by atoms with Crippen molar-refractivity contribution in [2.24, 2.45) is 0 Å². The van der Waals surface area contributed by atoms with E-state index in [9.17, 15) is 9.59 Å². The Kier molecular flexibility index (Phi) is 35.9. The van der Waals surface area contributed by atoms with Crippen LogP contribution in [-0.4, -0.2) is 113 Å². The number of unbranched alkanes of at least 4 members (excludes halogenated alkanes) is 2. The average molecular weight is 1960 g/mol. The van der Waals surface area contributed by atoms with Crippen LogP contribution in [-0.2, 0) is 17.7 Å². The van der Waals surface area contributed by atoms with Crippen molar-refractivity contribution in [3.8, 4) is 11.5 Å². The molecule has 2 heterocycles. The highest BCUT2D eigenvalue weighted by Crippen LogP contribution is 2.42. The molecule has 0 saturated heterocycles. The topological polar surface area (TPSA) is 96.0 Å². The summed E-state index contributed by atoms with van der Waals surface area (Å²) in [6.45, 7) is 32.8. The summed E-state index contributed by atoms with van der Waals surface area (Å²) in [5.74, 6) is 1.65. The monoisotopic (exact) mass is 1960 g/mol. The van der Waals surface area contributed by atoms with E-state index >= 15 is 0 Å². The SMILES string of the molecule is CN(CCO[Si](c1ccccc1)(c1ccccc1)C(C)(C)C)c1ccc(/C=C/c2ccc(C=O)s2)c(OCCCCO[Si](c2ccccc2)(c2ccccc2)C(C)(C)C)c1.CN(CCO[Si](c1ccccc1)(c1ccccc1)C(C)(C)C)c1ccc(C=Cc2ccc(C=O)s2)c(OCCCCO[Si](c2ccccc2)(c2ccccc2)C(C)(C)C)c1.II. The molecule has 0 bridgehead atoms. The number of carbonyl (C=O) groups is 2. The number of ether oxygens (including phenoxy) is 2. The summed E-state index contributed by atoms with van der Waals surface area (Å²) in [5, 5.41) is 9.95. The Morgan fingerprint density at radius 2 is 0.508 bits per heavy atom. The molecule has 12 rings (SSSR count). The standard InChI is InChI=1S/2C52H61NO4SSi2.I2/c2*1-51(2,3)59(46-22-12-8-13-23-46,47-24-14-9-15-25-47)56-38-21-20-37-55-50-40-43(32-30-42(50)31-33-44-34-35-45(41-54)58-44)53(7)36-39-57-60(52(4,5)6,48-26-16-10-17-27-48)49-28-18-11-19-29-49;1-2/h2*8-19,22-35,40-41H,20-21,36-39H2,1-7H3;/b33-31+;;. The van der Waals surface area contributed by atoms with Crippen LogP contribution in [0.1, 0.15) is 149 Å². The van der Waals surface area contributed by atoms with E-state index in [0.717, 1.165) is 82.0 Å². The first-order valence-electron chi connectivity index (χ1n) is 42.3. The van der Waals surface area contributed by atoms with Crippen molar-refractivity contribution in [2.45, 2.75) is 129 Å². The van der Waals surface area contributed by atoms with Gasteiger partial charge in [0.15, 0.2) is 12.6 Å². The van der Waals surface area contributed by atoms with Crippen LogP contribution in [0.15, 0.2) is 303 Å². The second-order valence-electron chi connectivity index (χ2n) is 34.8. The summed E-state index contributed by atoms with van der Waals surface area (Å²) in [5.41, 5.74) is 4.09. The summed E-state index contributed by atoms with van der Waals surface area (Å²) in [6.07, 6.45) is 13.5. The fourth-order valence-corrected chi connectivity index (χ4v) is 36.4. The molecule has 122 heavy (non-hydrogen) atoms. The van der Waals surface area contributed by atoms with E-state index in [1.54, 1.807) is 0 Å². The second kappa shape index (κ2) is 45.6. The van der Waals surface area contributed by atoms with Crippen molar-refractivity contribution >= 4 is 183 Å². The molecule has 10 aromatic carbocycles. The first kappa shape index (κ1) is 96.0. The van der Waals surface area contributed by atoms with Crippen molar-refractivity contribution < 1.29 is 36.8 Å². The van der Waals surface area contributed by atoms with Crippen molar-refractivity contribution in [2.75, 3.05) is 76.6 Å². The zero-order valence-corrected chi connectivity index (χ0v) is 83.5. The minimum absolute atomic E-state index is 0.0699. The van der Waals surface area contributed by atoms with E-state index in [-0.39, 0.29) is 20.2 Å². The third-order valence-electron chi connectivity index (χ3n) is 22.6. The van der Waals surface area contributed by atoms with Crippen LogP contribution in [0.3, 0.4) is 0 Å². The molecule has 0 spiro atoms. The Hall–Kier alpha value is -8.21. The zero-order chi connectivity index (χ0) is 87.3. The number of hydrogen-bond acceptors (Lipinski definition) is 12. The Labute approximate surface area is 763 Å². The van der Waals surface area contributed by atoms with E-state index in [4.69, 9.17) is 27.2 Å². The number of hydrogen-bond donors (Lipinski definition) is 0. The third kappa shape index (κ3) is 23.9. The molecule has 0 unspecified atom stereocenters. The van der Waals surface area contributed by atoms with Crippen LogP contribution in [0.4, 0.5) is 11.4 Å². The van der Waals surface area contributed by atoms with E-state index in [1.807, 2.05) is 24.3 Å². The van der Waals surface area contributed by atoms with Gasteiger partial charge in [-0.2, -0.15) is 0 Å². The van der Waals surface area contributed by atoms with Crippen molar-refractivity contribution in [3.63, 3.8) is 0 Å². The quantitative estimate of drug-likeness (QED) is 0.0161. The first-order valence-corrected chi connectivity index (χ1v) is 57.9. The zero-order valence-electron chi connectivity index (χ0n) is 73.5. The Bertz CT molecular complexity index is 4710. The van der Waals surface area contributed by atoms with Crippen LogP contribution >= 0.6 is 59.9 Å². The lowest BCUT2D eigenvalue weighted by Crippen LogP contribution is -2.67. The molecule has 10 nitrogen and oxygen atoms in total. The van der Waals surface area contributed by atoms with Crippen LogP contribution in [0.5, 0.6) is 11.5 Å². The molecule has 2 aromatic heterocycles. The van der Waals surface area contributed by atoms with Gasteiger partial charge in [-0.1, -0.05) is 326 Å². The Balaban J connectivity index is 0.000000251. The molecule has 0 aliphatic carbocycles. The number of halogens is 2. The van der Waals surface area contributed by atoms with Gasteiger partial charge in [0.1, 0.15) is 11.5 Å². The molecule has 0 aliphatic heterocycles. The summed E-state index contributed by atoms with van der Waals surface area (Å²) in [4.78, 5) is 30.7. The summed E-state index contributed by atoms with van der Waals surface area (Å²) in [6, 6.07) is 107. The van der Waals surface area contributed by atoms with Crippen molar-refractivity contribution in [1.82, 2.24) is 0 Å². The van der Waals surface area contributed by atoms with Gasteiger partial charge in [0, 0.05) is 122 Å². The van der Waals surface area contributed by atoms with Crippen LogP contribution in [0, 0.1) is 0 Å². The Morgan fingerprint density at radius 3 is 0.730 bits per heavy atom. The van der Waals surface area contributed by atoms with E-state index in [2.05, 4.69) is 448 Å². The molecule has 0 aliphatic rings. The largest absolute Gasteiger partial charge is 0.493 e. The van der Waals surface area contributed by atoms with Gasteiger partial charge in [-0.15, -0.1) is 22.7 Å². The molecule has 0 saturated carbocycles. The maximum Gasteiger partial charge on any atom is 0.261 e. The molecule has 0 atom stereocenters. The first-order chi connectivity index (χ1) is 58.8. The fraction of sp³-hybridized carbons (Fsp3) is 0.288. The van der Waals surface area contributed by atoms with Gasteiger partial charge in [-0.3, -0.25) is 9.59 Å². The number of benzene rings is 10. The maximum absolute atomic E-state index is 11.4. The number of thiophene rings is 2. The minimum atomic E-state index is -2.66. The number of carbonyl (C=O) groups excluding carboxylic acids is 2. The second-order valence-corrected chi connectivity index (χ2v) is 54.3. The molecule has 18 heteroatoms. The fourth-order valence-electron chi connectivity index (χ4n) is 16.6. The highest BCUT2D eigenvalue weighted by atomic mass is 128. The van der Waals surface area contributed by atoms with Crippen molar-refractivity contribution in [3.05, 3.63) is 334 Å². The smallest absolute Gasteiger partial charge is 0.261 e. The van der Waals surface area contributed by atoms with E-state index < -0.39 is 33.3 Å². The van der Waals surface area contributed by atoms with Crippen LogP contribution in [0.2, 0.25) is 20.2 Å². The number of nitrogens with zero attached hydrogens (tertiary/aromatic N) is 2. The molecular weight excluding hydrogens is 1840 g/mol. The van der Waals surface area contributed by atoms with Gasteiger partial charge in [0.2, 0.25) is 0 Å². The van der Waals surface area contributed by atoms with E-state index in [1.165, 1.54) is 64.2 Å². The predicted octanol–water partition coefficient (Wildman–Crippen LogP) is 22.7. The molecule has 0 amide bonds. The summed E-state index contributed by atoms with van der Waals surface area (Å²) >= 11 is 7.19. The number of aldehydes is 2. The molecule has 638 valence electrons. The van der Waals surface area contributed by atoms with Gasteiger partial charge in [0.25, 0.3) is 33.3 Å². The summed E-state index contributed by atoms with van der Waals surface area (Å²) in [7, 11) is -6.28. The number of likely N-dealkylation sites (N-methyl/N-ethyl adjacent to an activating group) is 2. The third-order valence-corrected chi connectivity index (χ3v) is 44.8. The van der Waals surface area contributed by atoms with Crippen molar-refractivity contribution in [1.29, 1.82) is 0 Å². The van der Waals surface area contributed by atoms with Gasteiger partial charge < -0.3 is 37.0 Å². The predicted molar refractivity (Wildman–Crippen MR) is 548 cm³/mol. The lowest BCUT2D eigenvalue weighted by Gasteiger charge is -2.43. The molecule has 0 radical (unpaired) electrons. The van der Waals surface area contributed by atoms with Gasteiger partial charge >= 0.3 is 0 Å². The average Bonchev–Trinajstić information content (AvgIpc) is 0.852. The minimum Gasteiger partial charge on any atom is -0.493 e. The molecule has 0 N–H and O–H groups in total.